The number of hydrogen-bond donors (Lipinski definition) is 0. The highest BCUT2D eigenvalue weighted by atomic mass is 16.5. The second-order valence-corrected chi connectivity index (χ2v) is 8.04. The van der Waals surface area contributed by atoms with Crippen molar-refractivity contribution in [3.05, 3.63) is 71.8 Å². The molecule has 0 spiro atoms. The average Bonchev–Trinajstić information content (AvgIpc) is 2.73. The van der Waals surface area contributed by atoms with Crippen molar-refractivity contribution in [2.75, 3.05) is 6.61 Å². The van der Waals surface area contributed by atoms with Crippen LogP contribution in [0.5, 0.6) is 0 Å². The van der Waals surface area contributed by atoms with Crippen molar-refractivity contribution in [3.8, 4) is 0 Å². The predicted molar refractivity (Wildman–Crippen MR) is 121 cm³/mol. The van der Waals surface area contributed by atoms with Crippen molar-refractivity contribution < 1.29 is 9.53 Å². The molecule has 0 radical (unpaired) electrons. The lowest BCUT2D eigenvalue weighted by atomic mass is 9.92. The quantitative estimate of drug-likeness (QED) is 0.390. The molecule has 0 saturated heterocycles. The SMILES string of the molecule is CCCC(C)CC(CC(=O)OCC)N(Cc1ccccc1)C(C)c1ccccc1. The number of esters is 1. The molecular weight excluding hydrogens is 358 g/mol. The smallest absolute Gasteiger partial charge is 0.307 e. The van der Waals surface area contributed by atoms with Gasteiger partial charge in [0, 0.05) is 18.6 Å². The van der Waals surface area contributed by atoms with E-state index in [2.05, 4.69) is 80.3 Å². The van der Waals surface area contributed by atoms with Crippen LogP contribution in [0, 0.1) is 5.92 Å². The van der Waals surface area contributed by atoms with Crippen LogP contribution in [-0.2, 0) is 16.1 Å². The summed E-state index contributed by atoms with van der Waals surface area (Å²) in [5.41, 5.74) is 2.55. The van der Waals surface area contributed by atoms with Gasteiger partial charge in [-0.3, -0.25) is 9.69 Å². The van der Waals surface area contributed by atoms with Gasteiger partial charge in [0.15, 0.2) is 0 Å². The maximum absolute atomic E-state index is 12.5. The Labute approximate surface area is 177 Å². The zero-order chi connectivity index (χ0) is 21.1. The molecule has 2 aromatic carbocycles. The van der Waals surface area contributed by atoms with Crippen molar-refractivity contribution in [2.24, 2.45) is 5.92 Å². The second-order valence-electron chi connectivity index (χ2n) is 8.04. The Balaban J connectivity index is 2.33. The first-order chi connectivity index (χ1) is 14.0. The van der Waals surface area contributed by atoms with E-state index in [0.717, 1.165) is 13.0 Å². The highest BCUT2D eigenvalue weighted by Gasteiger charge is 2.28. The number of benzene rings is 2. The van der Waals surface area contributed by atoms with E-state index in [1.807, 2.05) is 13.0 Å². The van der Waals surface area contributed by atoms with E-state index in [-0.39, 0.29) is 18.1 Å². The highest BCUT2D eigenvalue weighted by molar-refractivity contribution is 5.70. The standard InChI is InChI=1S/C26H37NO2/c1-5-13-21(3)18-25(19-26(28)29-6-2)27(20-23-14-9-7-10-15-23)22(4)24-16-11-8-12-17-24/h7-12,14-17,21-22,25H,5-6,13,18-20H2,1-4H3. The summed E-state index contributed by atoms with van der Waals surface area (Å²) >= 11 is 0. The molecule has 0 aliphatic carbocycles. The molecule has 3 nitrogen and oxygen atoms in total. The fourth-order valence-electron chi connectivity index (χ4n) is 4.12. The Kier molecular flexibility index (Phi) is 9.93. The summed E-state index contributed by atoms with van der Waals surface area (Å²) in [7, 11) is 0. The number of nitrogens with zero attached hydrogens (tertiary/aromatic N) is 1. The molecule has 0 bridgehead atoms. The van der Waals surface area contributed by atoms with Gasteiger partial charge >= 0.3 is 5.97 Å². The molecule has 2 rings (SSSR count). The Morgan fingerprint density at radius 2 is 1.59 bits per heavy atom. The number of carbonyl (C=O) groups is 1. The summed E-state index contributed by atoms with van der Waals surface area (Å²) in [5.74, 6) is 0.472. The Morgan fingerprint density at radius 3 is 2.17 bits per heavy atom. The van der Waals surface area contributed by atoms with E-state index < -0.39 is 0 Å². The van der Waals surface area contributed by atoms with Gasteiger partial charge < -0.3 is 4.74 Å². The third-order valence-corrected chi connectivity index (χ3v) is 5.62. The van der Waals surface area contributed by atoms with Crippen LogP contribution in [0.4, 0.5) is 0 Å². The van der Waals surface area contributed by atoms with Crippen LogP contribution in [-0.4, -0.2) is 23.5 Å². The van der Waals surface area contributed by atoms with E-state index in [4.69, 9.17) is 4.74 Å². The molecule has 29 heavy (non-hydrogen) atoms. The zero-order valence-corrected chi connectivity index (χ0v) is 18.5. The van der Waals surface area contributed by atoms with Crippen LogP contribution >= 0.6 is 0 Å². The van der Waals surface area contributed by atoms with Crippen molar-refractivity contribution >= 4 is 5.97 Å². The van der Waals surface area contributed by atoms with E-state index >= 15 is 0 Å². The summed E-state index contributed by atoms with van der Waals surface area (Å²) in [6.45, 7) is 9.91. The van der Waals surface area contributed by atoms with Gasteiger partial charge in [0.2, 0.25) is 0 Å². The fourth-order valence-corrected chi connectivity index (χ4v) is 4.12. The highest BCUT2D eigenvalue weighted by Crippen LogP contribution is 2.30. The molecule has 0 aliphatic heterocycles. The molecule has 0 fully saturated rings. The van der Waals surface area contributed by atoms with Gasteiger partial charge in [0.05, 0.1) is 13.0 Å². The summed E-state index contributed by atoms with van der Waals surface area (Å²) in [6, 6.07) is 21.5. The lowest BCUT2D eigenvalue weighted by molar-refractivity contribution is -0.145. The summed E-state index contributed by atoms with van der Waals surface area (Å²) in [4.78, 5) is 15.0. The van der Waals surface area contributed by atoms with Gasteiger partial charge in [-0.05, 0) is 37.3 Å². The third-order valence-electron chi connectivity index (χ3n) is 5.62. The first-order valence-electron chi connectivity index (χ1n) is 11.0. The van der Waals surface area contributed by atoms with Crippen LogP contribution < -0.4 is 0 Å². The molecule has 3 heteroatoms. The van der Waals surface area contributed by atoms with E-state index in [0.29, 0.717) is 18.9 Å². The van der Waals surface area contributed by atoms with Gasteiger partial charge in [0.1, 0.15) is 0 Å². The van der Waals surface area contributed by atoms with Gasteiger partial charge in [-0.1, -0.05) is 87.4 Å². The summed E-state index contributed by atoms with van der Waals surface area (Å²) in [6.07, 6.45) is 3.78. The maximum Gasteiger partial charge on any atom is 0.307 e. The Bertz CT molecular complexity index is 701. The summed E-state index contributed by atoms with van der Waals surface area (Å²) < 4.78 is 5.33. The molecule has 3 atom stereocenters. The molecule has 0 N–H and O–H groups in total. The molecule has 0 aliphatic rings. The van der Waals surface area contributed by atoms with Crippen LogP contribution in [0.3, 0.4) is 0 Å². The molecule has 0 heterocycles. The van der Waals surface area contributed by atoms with Crippen LogP contribution in [0.15, 0.2) is 60.7 Å². The van der Waals surface area contributed by atoms with E-state index in [1.54, 1.807) is 0 Å². The maximum atomic E-state index is 12.5. The van der Waals surface area contributed by atoms with Crippen molar-refractivity contribution in [1.82, 2.24) is 4.90 Å². The minimum absolute atomic E-state index is 0.0977. The van der Waals surface area contributed by atoms with Gasteiger partial charge in [0.25, 0.3) is 0 Å². The van der Waals surface area contributed by atoms with Gasteiger partial charge in [-0.15, -0.1) is 0 Å². The van der Waals surface area contributed by atoms with Crippen LogP contribution in [0.25, 0.3) is 0 Å². The third kappa shape index (κ3) is 7.66. The summed E-state index contributed by atoms with van der Waals surface area (Å²) in [5, 5.41) is 0. The molecular formula is C26H37NO2. The van der Waals surface area contributed by atoms with Crippen LogP contribution in [0.1, 0.15) is 70.5 Å². The number of carbonyl (C=O) groups excluding carboxylic acids is 1. The lowest BCUT2D eigenvalue weighted by Gasteiger charge is -2.38. The Hall–Kier alpha value is -2.13. The minimum Gasteiger partial charge on any atom is -0.466 e. The Morgan fingerprint density at radius 1 is 0.966 bits per heavy atom. The number of rotatable bonds is 12. The van der Waals surface area contributed by atoms with Crippen molar-refractivity contribution in [3.63, 3.8) is 0 Å². The molecule has 3 unspecified atom stereocenters. The average molecular weight is 396 g/mol. The van der Waals surface area contributed by atoms with Gasteiger partial charge in [-0.2, -0.15) is 0 Å². The molecule has 0 aromatic heterocycles. The van der Waals surface area contributed by atoms with Crippen molar-refractivity contribution in [2.45, 2.75) is 72.0 Å². The zero-order valence-electron chi connectivity index (χ0n) is 18.5. The van der Waals surface area contributed by atoms with Crippen LogP contribution in [0.2, 0.25) is 0 Å². The van der Waals surface area contributed by atoms with E-state index in [1.165, 1.54) is 24.0 Å². The lowest BCUT2D eigenvalue weighted by Crippen LogP contribution is -2.40. The predicted octanol–water partition coefficient (Wildman–Crippen LogP) is 6.40. The largest absolute Gasteiger partial charge is 0.466 e. The fraction of sp³-hybridized carbons (Fsp3) is 0.500. The molecule has 0 saturated carbocycles. The normalized spacial score (nSPS) is 14.4. The molecule has 2 aromatic rings. The van der Waals surface area contributed by atoms with Crippen molar-refractivity contribution in [1.29, 1.82) is 0 Å². The van der Waals surface area contributed by atoms with E-state index in [9.17, 15) is 4.79 Å². The second kappa shape index (κ2) is 12.4. The number of hydrogen-bond acceptors (Lipinski definition) is 3. The minimum atomic E-state index is -0.0977. The topological polar surface area (TPSA) is 29.5 Å². The first-order valence-corrected chi connectivity index (χ1v) is 11.0. The monoisotopic (exact) mass is 395 g/mol. The van der Waals surface area contributed by atoms with Gasteiger partial charge in [-0.25, -0.2) is 0 Å². The first kappa shape index (κ1) is 23.2. The number of ether oxygens (including phenoxy) is 1. The molecule has 158 valence electrons. The molecule has 0 amide bonds.